The molecule has 0 aliphatic heterocycles. The van der Waals surface area contributed by atoms with Crippen LogP contribution in [0.4, 0.5) is 0 Å². The van der Waals surface area contributed by atoms with Crippen molar-refractivity contribution in [2.24, 2.45) is 0 Å². The highest BCUT2D eigenvalue weighted by Gasteiger charge is 2.24. The Bertz CT molecular complexity index is 1670. The van der Waals surface area contributed by atoms with Crippen LogP contribution in [-0.2, 0) is 12.8 Å². The van der Waals surface area contributed by atoms with Crippen molar-refractivity contribution in [3.63, 3.8) is 0 Å². The molecule has 0 radical (unpaired) electrons. The third-order valence-corrected chi connectivity index (χ3v) is 7.91. The van der Waals surface area contributed by atoms with Crippen molar-refractivity contribution in [2.45, 2.75) is 44.4 Å². The van der Waals surface area contributed by atoms with Crippen LogP contribution in [0.15, 0.2) is 97.7 Å². The Morgan fingerprint density at radius 2 is 1.37 bits per heavy atom. The predicted molar refractivity (Wildman–Crippen MR) is 160 cm³/mol. The lowest BCUT2D eigenvalue weighted by atomic mass is 9.84. The average molecular weight is 516 g/mol. The SMILES string of the molecule is Cl.c1cc2ccncc2cn1.c1ccc2c(c1)c(-c1ccc(C3CC3)nc1)cc1c3c(ccc12)CCCC3. The van der Waals surface area contributed by atoms with Crippen LogP contribution in [0.2, 0.25) is 0 Å². The largest absolute Gasteiger partial charge is 0.264 e. The first kappa shape index (κ1) is 24.5. The van der Waals surface area contributed by atoms with Gasteiger partial charge >= 0.3 is 0 Å². The van der Waals surface area contributed by atoms with Gasteiger partial charge in [0.25, 0.3) is 0 Å². The van der Waals surface area contributed by atoms with Crippen molar-refractivity contribution in [2.75, 3.05) is 0 Å². The summed E-state index contributed by atoms with van der Waals surface area (Å²) in [6, 6.07) is 24.5. The Hall–Kier alpha value is -3.82. The standard InChI is InChI=1S/C26H23N.C8H6N2.ClH/c1-2-6-20-17(5-1)11-13-23-21-7-3-4-8-22(21)24(15-25(20)23)19-12-14-26(27-16-19)18-9-10-18;1-3-9-5-8-6-10-4-2-7(1)8;/h3-4,7-8,11-16,18H,1-2,5-6,9-10H2;1-6H;1H. The summed E-state index contributed by atoms with van der Waals surface area (Å²) in [7, 11) is 0. The molecule has 6 aromatic rings. The summed E-state index contributed by atoms with van der Waals surface area (Å²) in [5.74, 6) is 0.708. The van der Waals surface area contributed by atoms with E-state index in [2.05, 4.69) is 70.8 Å². The third kappa shape index (κ3) is 4.63. The van der Waals surface area contributed by atoms with E-state index in [-0.39, 0.29) is 12.4 Å². The molecule has 2 aliphatic rings. The topological polar surface area (TPSA) is 38.7 Å². The van der Waals surface area contributed by atoms with Crippen molar-refractivity contribution in [3.05, 3.63) is 115 Å². The molecule has 0 amide bonds. The van der Waals surface area contributed by atoms with Gasteiger partial charge in [-0.25, -0.2) is 0 Å². The first-order chi connectivity index (χ1) is 18.3. The molecule has 8 rings (SSSR count). The molecule has 4 heteroatoms. The fourth-order valence-corrected chi connectivity index (χ4v) is 5.78. The molecule has 0 N–H and O–H groups in total. The van der Waals surface area contributed by atoms with E-state index >= 15 is 0 Å². The summed E-state index contributed by atoms with van der Waals surface area (Å²) in [6.07, 6.45) is 17.0. The molecule has 0 bridgehead atoms. The number of halogens is 1. The molecule has 0 spiro atoms. The van der Waals surface area contributed by atoms with Crippen LogP contribution in [0, 0.1) is 0 Å². The van der Waals surface area contributed by atoms with Crippen LogP contribution in [0.3, 0.4) is 0 Å². The van der Waals surface area contributed by atoms with E-state index in [0.717, 1.165) is 5.39 Å². The summed E-state index contributed by atoms with van der Waals surface area (Å²) in [6.45, 7) is 0. The van der Waals surface area contributed by atoms with Gasteiger partial charge in [0.1, 0.15) is 0 Å². The summed E-state index contributed by atoms with van der Waals surface area (Å²) >= 11 is 0. The second-order valence-corrected chi connectivity index (χ2v) is 10.3. The maximum absolute atomic E-state index is 4.79. The number of hydrogen-bond donors (Lipinski definition) is 0. The van der Waals surface area contributed by atoms with Crippen LogP contribution in [-0.4, -0.2) is 15.0 Å². The fraction of sp³-hybridized carbons (Fsp3) is 0.206. The average Bonchev–Trinajstić information content (AvgIpc) is 3.83. The molecule has 1 saturated carbocycles. The molecule has 38 heavy (non-hydrogen) atoms. The van der Waals surface area contributed by atoms with Crippen LogP contribution >= 0.6 is 12.4 Å². The lowest BCUT2D eigenvalue weighted by Gasteiger charge is -2.20. The number of hydrogen-bond acceptors (Lipinski definition) is 3. The second-order valence-electron chi connectivity index (χ2n) is 10.3. The minimum atomic E-state index is 0. The number of aryl methyl sites for hydroxylation is 2. The molecular weight excluding hydrogens is 486 g/mol. The molecule has 3 aromatic heterocycles. The van der Waals surface area contributed by atoms with E-state index in [4.69, 9.17) is 4.98 Å². The number of fused-ring (bicyclic) bond motifs is 6. The minimum absolute atomic E-state index is 0. The van der Waals surface area contributed by atoms with Crippen LogP contribution in [0.5, 0.6) is 0 Å². The Balaban J connectivity index is 0.000000203. The Kier molecular flexibility index (Phi) is 6.78. The summed E-state index contributed by atoms with van der Waals surface area (Å²) in [5.41, 5.74) is 6.96. The van der Waals surface area contributed by atoms with Gasteiger partial charge in [-0.3, -0.25) is 15.0 Å². The van der Waals surface area contributed by atoms with Gasteiger partial charge < -0.3 is 0 Å². The molecule has 3 nitrogen and oxygen atoms in total. The van der Waals surface area contributed by atoms with Gasteiger partial charge in [-0.15, -0.1) is 12.4 Å². The highest BCUT2D eigenvalue weighted by atomic mass is 35.5. The van der Waals surface area contributed by atoms with Gasteiger partial charge in [-0.2, -0.15) is 0 Å². The van der Waals surface area contributed by atoms with Gasteiger partial charge in [0, 0.05) is 53.5 Å². The molecule has 1 fully saturated rings. The summed E-state index contributed by atoms with van der Waals surface area (Å²) in [4.78, 5) is 12.7. The van der Waals surface area contributed by atoms with Crippen molar-refractivity contribution in [1.82, 2.24) is 15.0 Å². The van der Waals surface area contributed by atoms with Crippen LogP contribution < -0.4 is 0 Å². The van der Waals surface area contributed by atoms with E-state index < -0.39 is 0 Å². The van der Waals surface area contributed by atoms with Crippen LogP contribution in [0.1, 0.15) is 48.4 Å². The maximum Gasteiger partial charge on any atom is 0.0434 e. The van der Waals surface area contributed by atoms with Gasteiger partial charge in [0.15, 0.2) is 0 Å². The van der Waals surface area contributed by atoms with E-state index in [1.807, 2.05) is 24.5 Å². The zero-order valence-electron chi connectivity index (χ0n) is 21.3. The Morgan fingerprint density at radius 3 is 2.08 bits per heavy atom. The first-order valence-electron chi connectivity index (χ1n) is 13.4. The van der Waals surface area contributed by atoms with Crippen molar-refractivity contribution >= 4 is 44.7 Å². The number of pyridine rings is 3. The quantitative estimate of drug-likeness (QED) is 0.216. The zero-order chi connectivity index (χ0) is 24.6. The Labute approximate surface area is 229 Å². The van der Waals surface area contributed by atoms with Crippen LogP contribution in [0.25, 0.3) is 43.4 Å². The molecule has 2 aliphatic carbocycles. The molecule has 3 aromatic carbocycles. The number of rotatable bonds is 2. The zero-order valence-corrected chi connectivity index (χ0v) is 22.1. The summed E-state index contributed by atoms with van der Waals surface area (Å²) < 4.78 is 0. The van der Waals surface area contributed by atoms with Gasteiger partial charge in [0.2, 0.25) is 0 Å². The molecular formula is C34H30ClN3. The normalized spacial score (nSPS) is 14.4. The van der Waals surface area contributed by atoms with E-state index in [9.17, 15) is 0 Å². The fourth-order valence-electron chi connectivity index (χ4n) is 5.78. The number of nitrogens with zero attached hydrogens (tertiary/aromatic N) is 3. The van der Waals surface area contributed by atoms with Crippen molar-refractivity contribution < 1.29 is 0 Å². The lowest BCUT2D eigenvalue weighted by Crippen LogP contribution is -2.03. The van der Waals surface area contributed by atoms with Crippen molar-refractivity contribution in [1.29, 1.82) is 0 Å². The number of benzene rings is 3. The van der Waals surface area contributed by atoms with Gasteiger partial charge in [0.05, 0.1) is 0 Å². The third-order valence-electron chi connectivity index (χ3n) is 7.91. The highest BCUT2D eigenvalue weighted by molar-refractivity contribution is 6.14. The first-order valence-corrected chi connectivity index (χ1v) is 13.4. The van der Waals surface area contributed by atoms with E-state index in [1.54, 1.807) is 23.5 Å². The van der Waals surface area contributed by atoms with Gasteiger partial charge in [-0.05, 0) is 106 Å². The van der Waals surface area contributed by atoms with Crippen molar-refractivity contribution in [3.8, 4) is 11.1 Å². The Morgan fingerprint density at radius 1 is 0.632 bits per heavy atom. The molecule has 3 heterocycles. The number of aromatic nitrogens is 3. The summed E-state index contributed by atoms with van der Waals surface area (Å²) in [5, 5.41) is 7.83. The highest BCUT2D eigenvalue weighted by Crippen LogP contribution is 2.41. The smallest absolute Gasteiger partial charge is 0.0434 e. The van der Waals surface area contributed by atoms with E-state index in [0.29, 0.717) is 5.92 Å². The second kappa shape index (κ2) is 10.5. The lowest BCUT2D eigenvalue weighted by molar-refractivity contribution is 0.690. The predicted octanol–water partition coefficient (Wildman–Crippen LogP) is 8.86. The van der Waals surface area contributed by atoms with E-state index in [1.165, 1.54) is 82.3 Å². The monoisotopic (exact) mass is 515 g/mol. The van der Waals surface area contributed by atoms with Gasteiger partial charge in [-0.1, -0.05) is 42.5 Å². The molecule has 188 valence electrons. The molecule has 0 atom stereocenters. The molecule has 0 saturated heterocycles. The minimum Gasteiger partial charge on any atom is -0.264 e. The maximum atomic E-state index is 4.79. The molecule has 0 unspecified atom stereocenters.